The highest BCUT2D eigenvalue weighted by atomic mass is 32.2. The van der Waals surface area contributed by atoms with Gasteiger partial charge in [0, 0.05) is 29.4 Å². The van der Waals surface area contributed by atoms with Gasteiger partial charge in [-0.1, -0.05) is 11.8 Å². The molecule has 3 heterocycles. The van der Waals surface area contributed by atoms with Crippen molar-refractivity contribution in [2.24, 2.45) is 0 Å². The first kappa shape index (κ1) is 13.6. The molecule has 3 aromatic rings. The van der Waals surface area contributed by atoms with Crippen LogP contribution in [0.1, 0.15) is 17.1 Å². The van der Waals surface area contributed by atoms with Gasteiger partial charge in [0.2, 0.25) is 5.78 Å². The summed E-state index contributed by atoms with van der Waals surface area (Å²) in [5.74, 6) is 2.07. The number of nitrogen functional groups attached to an aromatic ring is 2. The molecule has 0 aromatic carbocycles. The first-order valence-electron chi connectivity index (χ1n) is 6.36. The van der Waals surface area contributed by atoms with Crippen molar-refractivity contribution in [1.82, 2.24) is 24.3 Å². The summed E-state index contributed by atoms with van der Waals surface area (Å²) in [6, 6.07) is 3.55. The van der Waals surface area contributed by atoms with E-state index in [1.165, 1.54) is 17.8 Å². The average Bonchev–Trinajstić information content (AvgIpc) is 2.78. The Hall–Kier alpha value is -2.35. The molecule has 0 saturated heterocycles. The van der Waals surface area contributed by atoms with Gasteiger partial charge in [-0.05, 0) is 19.9 Å². The van der Waals surface area contributed by atoms with E-state index in [1.807, 2.05) is 30.5 Å². The van der Waals surface area contributed by atoms with Gasteiger partial charge < -0.3 is 11.5 Å². The van der Waals surface area contributed by atoms with Gasteiger partial charge in [-0.15, -0.1) is 0 Å². The lowest BCUT2D eigenvalue weighted by molar-refractivity contribution is 0.982. The third-order valence-corrected chi connectivity index (χ3v) is 3.79. The number of aryl methyl sites for hydroxylation is 2. The Bertz CT molecular complexity index is 791. The number of hydrogen-bond acceptors (Lipinski definition) is 7. The van der Waals surface area contributed by atoms with Crippen LogP contribution in [0.3, 0.4) is 0 Å². The number of hydrogen-bond donors (Lipinski definition) is 2. The number of nitrogens with two attached hydrogens (primary N) is 2. The number of thioether (sulfide) groups is 1. The van der Waals surface area contributed by atoms with Crippen molar-refractivity contribution in [2.75, 3.05) is 11.5 Å². The zero-order valence-corrected chi connectivity index (χ0v) is 12.6. The predicted octanol–water partition coefficient (Wildman–Crippen LogP) is 1.59. The van der Waals surface area contributed by atoms with Crippen molar-refractivity contribution >= 4 is 29.2 Å². The second-order valence-corrected chi connectivity index (χ2v) is 5.67. The molecule has 0 aliphatic heterocycles. The van der Waals surface area contributed by atoms with Crippen molar-refractivity contribution in [2.45, 2.75) is 24.8 Å². The van der Waals surface area contributed by atoms with E-state index in [0.717, 1.165) is 17.1 Å². The summed E-state index contributed by atoms with van der Waals surface area (Å²) in [6.07, 6.45) is 1.97. The van der Waals surface area contributed by atoms with Gasteiger partial charge in [0.25, 0.3) is 0 Å². The lowest BCUT2D eigenvalue weighted by atomic mass is 10.3. The van der Waals surface area contributed by atoms with E-state index in [0.29, 0.717) is 28.3 Å². The van der Waals surface area contributed by atoms with Crippen LogP contribution in [0.2, 0.25) is 0 Å². The molecular formula is C13H15N7S. The molecule has 0 spiro atoms. The van der Waals surface area contributed by atoms with Crippen molar-refractivity contribution in [3.63, 3.8) is 0 Å². The van der Waals surface area contributed by atoms with Gasteiger partial charge in [0.05, 0.1) is 5.69 Å². The average molecular weight is 301 g/mol. The molecule has 0 saturated carbocycles. The normalized spacial score (nSPS) is 11.1. The second-order valence-electron chi connectivity index (χ2n) is 4.73. The fourth-order valence-corrected chi connectivity index (χ4v) is 2.81. The van der Waals surface area contributed by atoms with E-state index in [4.69, 9.17) is 11.5 Å². The number of rotatable bonds is 3. The maximum atomic E-state index is 5.65. The molecule has 0 bridgehead atoms. The lowest BCUT2D eigenvalue weighted by Crippen LogP contribution is -1.99. The minimum Gasteiger partial charge on any atom is -0.383 e. The van der Waals surface area contributed by atoms with Crippen LogP contribution in [0.4, 0.5) is 11.6 Å². The summed E-state index contributed by atoms with van der Waals surface area (Å²) >= 11 is 1.44. The summed E-state index contributed by atoms with van der Waals surface area (Å²) < 4.78 is 1.97. The standard InChI is InChI=1S/C13H15N7S/c1-7-3-8(2)20-5-9(17-12(20)16-7)6-21-13-18-10(14)4-11(15)19-13/h3-5H,6H2,1-2H3,(H4,14,15,18,19). The first-order valence-corrected chi connectivity index (χ1v) is 7.35. The molecule has 3 rings (SSSR count). The highest BCUT2D eigenvalue weighted by molar-refractivity contribution is 7.98. The zero-order chi connectivity index (χ0) is 15.0. The van der Waals surface area contributed by atoms with Gasteiger partial charge in [-0.3, -0.25) is 4.40 Å². The second kappa shape index (κ2) is 5.21. The van der Waals surface area contributed by atoms with Gasteiger partial charge in [-0.2, -0.15) is 0 Å². The predicted molar refractivity (Wildman–Crippen MR) is 82.9 cm³/mol. The van der Waals surface area contributed by atoms with E-state index in [2.05, 4.69) is 19.9 Å². The highest BCUT2D eigenvalue weighted by Crippen LogP contribution is 2.21. The Balaban J connectivity index is 1.83. The lowest BCUT2D eigenvalue weighted by Gasteiger charge is -2.00. The minimum absolute atomic E-state index is 0.369. The van der Waals surface area contributed by atoms with E-state index < -0.39 is 0 Å². The maximum Gasteiger partial charge on any atom is 0.234 e. The third-order valence-electron chi connectivity index (χ3n) is 2.91. The molecule has 0 aliphatic carbocycles. The summed E-state index contributed by atoms with van der Waals surface area (Å²) in [7, 11) is 0. The fourth-order valence-electron chi connectivity index (χ4n) is 2.05. The number of fused-ring (bicyclic) bond motifs is 1. The smallest absolute Gasteiger partial charge is 0.234 e. The first-order chi connectivity index (χ1) is 10.0. The molecule has 0 amide bonds. The summed E-state index contributed by atoms with van der Waals surface area (Å²) in [5.41, 5.74) is 14.3. The monoisotopic (exact) mass is 301 g/mol. The molecule has 108 valence electrons. The van der Waals surface area contributed by atoms with E-state index in [9.17, 15) is 0 Å². The maximum absolute atomic E-state index is 5.65. The van der Waals surface area contributed by atoms with Crippen LogP contribution in [-0.4, -0.2) is 24.3 Å². The highest BCUT2D eigenvalue weighted by Gasteiger charge is 2.08. The summed E-state index contributed by atoms with van der Waals surface area (Å²) in [5, 5.41) is 0.547. The molecule has 0 fully saturated rings. The van der Waals surface area contributed by atoms with E-state index >= 15 is 0 Å². The van der Waals surface area contributed by atoms with Gasteiger partial charge in [0.1, 0.15) is 11.6 Å². The SMILES string of the molecule is Cc1cc(C)n2cc(CSc3nc(N)cc(N)n3)nc2n1. The van der Waals surface area contributed by atoms with Crippen LogP contribution in [0.5, 0.6) is 0 Å². The zero-order valence-electron chi connectivity index (χ0n) is 11.7. The van der Waals surface area contributed by atoms with E-state index in [1.54, 1.807) is 0 Å². The molecule has 21 heavy (non-hydrogen) atoms. The number of imidazole rings is 1. The molecule has 7 nitrogen and oxygen atoms in total. The third kappa shape index (κ3) is 2.89. The molecule has 3 aromatic heterocycles. The quantitative estimate of drug-likeness (QED) is 0.558. The molecule has 0 aliphatic rings. The number of anilines is 2. The van der Waals surface area contributed by atoms with Gasteiger partial charge in [-0.25, -0.2) is 19.9 Å². The van der Waals surface area contributed by atoms with Crippen molar-refractivity contribution in [1.29, 1.82) is 0 Å². The van der Waals surface area contributed by atoms with Gasteiger partial charge >= 0.3 is 0 Å². The number of aromatic nitrogens is 5. The van der Waals surface area contributed by atoms with E-state index in [-0.39, 0.29) is 0 Å². The Morgan fingerprint density at radius 2 is 1.76 bits per heavy atom. The van der Waals surface area contributed by atoms with Crippen LogP contribution < -0.4 is 11.5 Å². The van der Waals surface area contributed by atoms with Crippen molar-refractivity contribution in [3.8, 4) is 0 Å². The molecule has 0 radical (unpaired) electrons. The van der Waals surface area contributed by atoms with Crippen molar-refractivity contribution in [3.05, 3.63) is 35.4 Å². The molecule has 0 atom stereocenters. The van der Waals surface area contributed by atoms with Gasteiger partial charge in [0.15, 0.2) is 5.16 Å². The number of nitrogens with zero attached hydrogens (tertiary/aromatic N) is 5. The van der Waals surface area contributed by atoms with Crippen LogP contribution in [0, 0.1) is 13.8 Å². The molecule has 8 heteroatoms. The summed E-state index contributed by atoms with van der Waals surface area (Å²) in [6.45, 7) is 3.99. The molecular weight excluding hydrogens is 286 g/mol. The van der Waals surface area contributed by atoms with Crippen LogP contribution in [0.25, 0.3) is 5.78 Å². The molecule has 0 unspecified atom stereocenters. The topological polar surface area (TPSA) is 108 Å². The van der Waals surface area contributed by atoms with Crippen LogP contribution in [-0.2, 0) is 5.75 Å². The Kier molecular flexibility index (Phi) is 3.38. The Morgan fingerprint density at radius 1 is 1.05 bits per heavy atom. The Morgan fingerprint density at radius 3 is 2.48 bits per heavy atom. The van der Waals surface area contributed by atoms with Crippen LogP contribution >= 0.6 is 11.8 Å². The fraction of sp³-hybridized carbons (Fsp3) is 0.231. The largest absolute Gasteiger partial charge is 0.383 e. The minimum atomic E-state index is 0.369. The van der Waals surface area contributed by atoms with Crippen LogP contribution in [0.15, 0.2) is 23.5 Å². The van der Waals surface area contributed by atoms with Crippen molar-refractivity contribution < 1.29 is 0 Å². The Labute approximate surface area is 125 Å². The summed E-state index contributed by atoms with van der Waals surface area (Å²) in [4.78, 5) is 17.2. The molecule has 4 N–H and O–H groups in total.